The van der Waals surface area contributed by atoms with Crippen LogP contribution in [0.1, 0.15) is 31.1 Å². The Bertz CT molecular complexity index is 1240. The molecule has 3 aromatic rings. The smallest absolute Gasteiger partial charge is 0.338 e. The largest absolute Gasteiger partial charge is 0.452 e. The van der Waals surface area contributed by atoms with Gasteiger partial charge in [-0.05, 0) is 42.5 Å². The molecule has 0 bridgehead atoms. The number of halogens is 1. The summed E-state index contributed by atoms with van der Waals surface area (Å²) >= 11 is 6.14. The minimum atomic E-state index is -0.779. The summed E-state index contributed by atoms with van der Waals surface area (Å²) in [5.41, 5.74) is 1.21. The van der Waals surface area contributed by atoms with Crippen LogP contribution in [0.15, 0.2) is 72.8 Å². The average molecular weight is 449 g/mol. The van der Waals surface area contributed by atoms with Crippen LogP contribution >= 0.6 is 11.6 Å². The normalized spacial score (nSPS) is 12.5. The van der Waals surface area contributed by atoms with Gasteiger partial charge >= 0.3 is 5.97 Å². The SMILES string of the molecule is CN(C(=O)COC(=O)c1ccc2c(c1)C(=O)N(c1ccccc1Cl)C2=O)c1ccccc1. The summed E-state index contributed by atoms with van der Waals surface area (Å²) in [6, 6.07) is 19.5. The fourth-order valence-electron chi connectivity index (χ4n) is 3.32. The molecule has 0 N–H and O–H groups in total. The summed E-state index contributed by atoms with van der Waals surface area (Å²) in [6.07, 6.45) is 0. The van der Waals surface area contributed by atoms with E-state index in [1.54, 1.807) is 55.6 Å². The van der Waals surface area contributed by atoms with Gasteiger partial charge in [0.2, 0.25) is 0 Å². The molecule has 32 heavy (non-hydrogen) atoms. The molecule has 1 aliphatic heterocycles. The van der Waals surface area contributed by atoms with Crippen molar-refractivity contribution in [1.29, 1.82) is 0 Å². The highest BCUT2D eigenvalue weighted by Crippen LogP contribution is 2.33. The first-order valence-corrected chi connectivity index (χ1v) is 10.0. The number of hydrogen-bond donors (Lipinski definition) is 0. The Labute approximate surface area is 188 Å². The molecule has 0 aliphatic carbocycles. The number of para-hydroxylation sites is 2. The third-order valence-electron chi connectivity index (χ3n) is 5.06. The molecule has 0 saturated heterocycles. The second-order valence-electron chi connectivity index (χ2n) is 7.02. The lowest BCUT2D eigenvalue weighted by Gasteiger charge is -2.17. The number of carbonyl (C=O) groups excluding carboxylic acids is 4. The van der Waals surface area contributed by atoms with Crippen LogP contribution in [-0.2, 0) is 9.53 Å². The fraction of sp³-hybridized carbons (Fsp3) is 0.0833. The summed E-state index contributed by atoms with van der Waals surface area (Å²) in [7, 11) is 1.58. The predicted octanol–water partition coefficient (Wildman–Crippen LogP) is 3.96. The van der Waals surface area contributed by atoms with E-state index in [9.17, 15) is 19.2 Å². The molecule has 0 atom stereocenters. The predicted molar refractivity (Wildman–Crippen MR) is 119 cm³/mol. The van der Waals surface area contributed by atoms with Crippen molar-refractivity contribution in [3.8, 4) is 0 Å². The second kappa shape index (κ2) is 8.64. The maximum absolute atomic E-state index is 12.9. The zero-order chi connectivity index (χ0) is 22.8. The molecule has 1 heterocycles. The first kappa shape index (κ1) is 21.3. The molecule has 3 aromatic carbocycles. The molecule has 0 saturated carbocycles. The third kappa shape index (κ3) is 3.86. The average Bonchev–Trinajstić information content (AvgIpc) is 3.07. The van der Waals surface area contributed by atoms with E-state index < -0.39 is 30.3 Å². The molecule has 1 aliphatic rings. The van der Waals surface area contributed by atoms with Crippen LogP contribution in [0.4, 0.5) is 11.4 Å². The standard InChI is InChI=1S/C24H17ClN2O5/c1-26(16-7-3-2-4-8-16)21(28)14-32-24(31)15-11-12-17-18(13-15)23(30)27(22(17)29)20-10-6-5-9-19(20)25/h2-13H,14H2,1H3. The van der Waals surface area contributed by atoms with E-state index in [1.165, 1.54) is 23.1 Å². The molecule has 0 unspecified atom stereocenters. The number of benzene rings is 3. The summed E-state index contributed by atoms with van der Waals surface area (Å²) in [5.74, 6) is -2.31. The lowest BCUT2D eigenvalue weighted by atomic mass is 10.1. The number of fused-ring (bicyclic) bond motifs is 1. The number of amides is 3. The molecule has 0 aromatic heterocycles. The number of carbonyl (C=O) groups is 4. The van der Waals surface area contributed by atoms with Crippen LogP contribution in [0, 0.1) is 0 Å². The Morgan fingerprint density at radius 2 is 1.56 bits per heavy atom. The van der Waals surface area contributed by atoms with Crippen molar-refractivity contribution in [3.05, 3.63) is 94.5 Å². The molecular formula is C24H17ClN2O5. The van der Waals surface area contributed by atoms with Crippen LogP contribution in [0.3, 0.4) is 0 Å². The van der Waals surface area contributed by atoms with Crippen LogP contribution < -0.4 is 9.80 Å². The topological polar surface area (TPSA) is 84.0 Å². The minimum Gasteiger partial charge on any atom is -0.452 e. The van der Waals surface area contributed by atoms with Crippen molar-refractivity contribution < 1.29 is 23.9 Å². The lowest BCUT2D eigenvalue weighted by Crippen LogP contribution is -2.31. The van der Waals surface area contributed by atoms with Gasteiger partial charge in [-0.25, -0.2) is 9.69 Å². The van der Waals surface area contributed by atoms with E-state index in [1.807, 2.05) is 6.07 Å². The van der Waals surface area contributed by atoms with Crippen molar-refractivity contribution in [3.63, 3.8) is 0 Å². The highest BCUT2D eigenvalue weighted by molar-refractivity contribution is 6.39. The number of esters is 1. The Morgan fingerprint density at radius 1 is 0.906 bits per heavy atom. The third-order valence-corrected chi connectivity index (χ3v) is 5.38. The Morgan fingerprint density at radius 3 is 2.28 bits per heavy atom. The second-order valence-corrected chi connectivity index (χ2v) is 7.43. The molecule has 0 fully saturated rings. The highest BCUT2D eigenvalue weighted by Gasteiger charge is 2.38. The maximum atomic E-state index is 12.9. The number of ether oxygens (including phenoxy) is 1. The van der Waals surface area contributed by atoms with E-state index in [0.29, 0.717) is 5.69 Å². The Hall–Kier alpha value is -3.97. The van der Waals surface area contributed by atoms with E-state index in [4.69, 9.17) is 16.3 Å². The number of nitrogens with zero attached hydrogens (tertiary/aromatic N) is 2. The number of anilines is 2. The van der Waals surface area contributed by atoms with E-state index in [0.717, 1.165) is 4.90 Å². The van der Waals surface area contributed by atoms with Crippen LogP contribution in [0.2, 0.25) is 5.02 Å². The molecule has 0 radical (unpaired) electrons. The molecule has 8 heteroatoms. The Kier molecular flexibility index (Phi) is 5.75. The minimum absolute atomic E-state index is 0.0565. The van der Waals surface area contributed by atoms with E-state index in [2.05, 4.69) is 0 Å². The molecule has 4 rings (SSSR count). The van der Waals surface area contributed by atoms with Gasteiger partial charge in [-0.3, -0.25) is 14.4 Å². The summed E-state index contributed by atoms with van der Waals surface area (Å²) < 4.78 is 5.12. The maximum Gasteiger partial charge on any atom is 0.338 e. The molecule has 0 spiro atoms. The van der Waals surface area contributed by atoms with Gasteiger partial charge in [0.15, 0.2) is 6.61 Å². The number of likely N-dealkylation sites (N-methyl/N-ethyl adjacent to an activating group) is 1. The van der Waals surface area contributed by atoms with Crippen LogP contribution in [0.5, 0.6) is 0 Å². The van der Waals surface area contributed by atoms with Gasteiger partial charge in [-0.1, -0.05) is 41.9 Å². The highest BCUT2D eigenvalue weighted by atomic mass is 35.5. The van der Waals surface area contributed by atoms with Crippen molar-refractivity contribution in [2.75, 3.05) is 23.5 Å². The van der Waals surface area contributed by atoms with Crippen molar-refractivity contribution >= 4 is 46.7 Å². The van der Waals surface area contributed by atoms with Gasteiger partial charge in [-0.15, -0.1) is 0 Å². The van der Waals surface area contributed by atoms with Gasteiger partial charge < -0.3 is 9.64 Å². The first-order chi connectivity index (χ1) is 15.4. The van der Waals surface area contributed by atoms with Crippen LogP contribution in [-0.4, -0.2) is 37.3 Å². The lowest BCUT2D eigenvalue weighted by molar-refractivity contribution is -0.121. The zero-order valence-corrected chi connectivity index (χ0v) is 17.7. The summed E-state index contributed by atoms with van der Waals surface area (Å²) in [4.78, 5) is 52.8. The van der Waals surface area contributed by atoms with Crippen molar-refractivity contribution in [1.82, 2.24) is 0 Å². The van der Waals surface area contributed by atoms with Gasteiger partial charge in [0.25, 0.3) is 17.7 Å². The zero-order valence-electron chi connectivity index (χ0n) is 16.9. The van der Waals surface area contributed by atoms with Gasteiger partial charge in [-0.2, -0.15) is 0 Å². The van der Waals surface area contributed by atoms with Crippen LogP contribution in [0.25, 0.3) is 0 Å². The molecular weight excluding hydrogens is 432 g/mol. The van der Waals surface area contributed by atoms with E-state index in [-0.39, 0.29) is 27.4 Å². The van der Waals surface area contributed by atoms with Gasteiger partial charge in [0, 0.05) is 12.7 Å². The molecule has 7 nitrogen and oxygen atoms in total. The van der Waals surface area contributed by atoms with Gasteiger partial charge in [0.1, 0.15) is 0 Å². The number of rotatable bonds is 5. The first-order valence-electron chi connectivity index (χ1n) is 9.64. The molecule has 160 valence electrons. The summed E-state index contributed by atoms with van der Waals surface area (Å²) in [5, 5.41) is 0.252. The van der Waals surface area contributed by atoms with Gasteiger partial charge in [0.05, 0.1) is 27.4 Å². The Balaban J connectivity index is 1.49. The van der Waals surface area contributed by atoms with Crippen molar-refractivity contribution in [2.24, 2.45) is 0 Å². The fourth-order valence-corrected chi connectivity index (χ4v) is 3.54. The van der Waals surface area contributed by atoms with E-state index >= 15 is 0 Å². The number of hydrogen-bond acceptors (Lipinski definition) is 5. The van der Waals surface area contributed by atoms with Crippen molar-refractivity contribution in [2.45, 2.75) is 0 Å². The summed E-state index contributed by atoms with van der Waals surface area (Å²) in [6.45, 7) is -0.472. The molecule has 3 amide bonds. The monoisotopic (exact) mass is 448 g/mol. The number of imide groups is 1. The quantitative estimate of drug-likeness (QED) is 0.435.